The number of benzene rings is 1. The van der Waals surface area contributed by atoms with Gasteiger partial charge in [0.2, 0.25) is 10.0 Å². The molecule has 0 radical (unpaired) electrons. The van der Waals surface area contributed by atoms with Gasteiger partial charge in [0, 0.05) is 6.04 Å². The topological polar surface area (TPSA) is 86.2 Å². The van der Waals surface area contributed by atoms with E-state index in [-0.39, 0.29) is 23.3 Å². The van der Waals surface area contributed by atoms with E-state index >= 15 is 0 Å². The number of halogens is 1. The van der Waals surface area contributed by atoms with Gasteiger partial charge in [-0.2, -0.15) is 0 Å². The van der Waals surface area contributed by atoms with Gasteiger partial charge in [-0.3, -0.25) is 0 Å². The molecule has 4 nitrogen and oxygen atoms in total. The molecule has 1 aromatic rings. The highest BCUT2D eigenvalue weighted by Gasteiger charge is 2.07. The maximum absolute atomic E-state index is 10.9. The molecule has 0 aliphatic rings. The van der Waals surface area contributed by atoms with E-state index < -0.39 is 10.0 Å². The second-order valence-corrected chi connectivity index (χ2v) is 4.46. The second-order valence-electron chi connectivity index (χ2n) is 2.90. The van der Waals surface area contributed by atoms with E-state index in [1.165, 1.54) is 12.1 Å². The van der Waals surface area contributed by atoms with Gasteiger partial charge in [0.25, 0.3) is 0 Å². The van der Waals surface area contributed by atoms with Gasteiger partial charge in [-0.15, -0.1) is 12.4 Å². The molecular formula is C8H13ClN2O2S. The molecule has 0 heterocycles. The van der Waals surface area contributed by atoms with Crippen LogP contribution in [0.1, 0.15) is 18.5 Å². The Morgan fingerprint density at radius 3 is 1.93 bits per heavy atom. The Morgan fingerprint density at radius 2 is 1.64 bits per heavy atom. The van der Waals surface area contributed by atoms with Crippen molar-refractivity contribution in [2.75, 3.05) is 0 Å². The first-order valence-electron chi connectivity index (χ1n) is 3.79. The van der Waals surface area contributed by atoms with Gasteiger partial charge in [0.15, 0.2) is 0 Å². The Balaban J connectivity index is 0.00000169. The monoisotopic (exact) mass is 236 g/mol. The largest absolute Gasteiger partial charge is 0.324 e. The predicted molar refractivity (Wildman–Crippen MR) is 57.7 cm³/mol. The van der Waals surface area contributed by atoms with Gasteiger partial charge in [-0.1, -0.05) is 12.1 Å². The van der Waals surface area contributed by atoms with Gasteiger partial charge in [0.1, 0.15) is 0 Å². The summed E-state index contributed by atoms with van der Waals surface area (Å²) in [5.74, 6) is 0. The molecule has 6 heteroatoms. The van der Waals surface area contributed by atoms with Gasteiger partial charge in [-0.25, -0.2) is 13.6 Å². The van der Waals surface area contributed by atoms with Crippen LogP contribution in [0.3, 0.4) is 0 Å². The first-order chi connectivity index (χ1) is 5.91. The van der Waals surface area contributed by atoms with Crippen LogP contribution in [0, 0.1) is 0 Å². The highest BCUT2D eigenvalue weighted by molar-refractivity contribution is 7.89. The summed E-state index contributed by atoms with van der Waals surface area (Å²) in [6, 6.07) is 6.12. The fourth-order valence-electron chi connectivity index (χ4n) is 0.961. The molecule has 0 saturated heterocycles. The van der Waals surface area contributed by atoms with E-state index in [1.807, 2.05) is 6.92 Å². The molecule has 0 aliphatic carbocycles. The van der Waals surface area contributed by atoms with Crippen molar-refractivity contribution in [2.24, 2.45) is 10.9 Å². The Labute approximate surface area is 89.8 Å². The fraction of sp³-hybridized carbons (Fsp3) is 0.250. The van der Waals surface area contributed by atoms with E-state index in [4.69, 9.17) is 10.9 Å². The van der Waals surface area contributed by atoms with Gasteiger partial charge in [0.05, 0.1) is 4.90 Å². The lowest BCUT2D eigenvalue weighted by molar-refractivity contribution is 0.597. The lowest BCUT2D eigenvalue weighted by atomic mass is 10.1. The van der Waals surface area contributed by atoms with E-state index in [2.05, 4.69) is 0 Å². The predicted octanol–water partition coefficient (Wildman–Crippen LogP) is 0.776. The molecule has 0 amide bonds. The average Bonchev–Trinajstić information content (AvgIpc) is 2.03. The maximum atomic E-state index is 10.9. The number of hydrogen-bond acceptors (Lipinski definition) is 3. The summed E-state index contributed by atoms with van der Waals surface area (Å²) >= 11 is 0. The molecule has 0 bridgehead atoms. The number of nitrogens with two attached hydrogens (primary N) is 2. The second kappa shape index (κ2) is 4.75. The minimum atomic E-state index is -3.59. The first-order valence-corrected chi connectivity index (χ1v) is 5.34. The van der Waals surface area contributed by atoms with Crippen molar-refractivity contribution < 1.29 is 8.42 Å². The zero-order valence-corrected chi connectivity index (χ0v) is 9.31. The van der Waals surface area contributed by atoms with Crippen molar-refractivity contribution in [1.82, 2.24) is 0 Å². The molecule has 0 aromatic heterocycles. The molecular weight excluding hydrogens is 224 g/mol. The van der Waals surface area contributed by atoms with Crippen LogP contribution in [-0.4, -0.2) is 8.42 Å². The van der Waals surface area contributed by atoms with Crippen LogP contribution in [0.4, 0.5) is 0 Å². The zero-order chi connectivity index (χ0) is 10.1. The highest BCUT2D eigenvalue weighted by Crippen LogP contribution is 2.12. The molecule has 1 aromatic carbocycles. The van der Waals surface area contributed by atoms with Crippen LogP contribution in [0.15, 0.2) is 29.2 Å². The molecule has 0 aliphatic heterocycles. The number of sulfonamides is 1. The smallest absolute Gasteiger partial charge is 0.238 e. The van der Waals surface area contributed by atoms with Crippen molar-refractivity contribution in [3.8, 4) is 0 Å². The normalized spacial score (nSPS) is 13.1. The molecule has 14 heavy (non-hydrogen) atoms. The molecule has 1 rings (SSSR count). The summed E-state index contributed by atoms with van der Waals surface area (Å²) in [6.45, 7) is 1.83. The molecule has 0 saturated carbocycles. The van der Waals surface area contributed by atoms with Crippen molar-refractivity contribution in [2.45, 2.75) is 17.9 Å². The molecule has 0 spiro atoms. The number of primary sulfonamides is 1. The van der Waals surface area contributed by atoms with Crippen molar-refractivity contribution in [1.29, 1.82) is 0 Å². The molecule has 0 unspecified atom stereocenters. The van der Waals surface area contributed by atoms with E-state index in [0.29, 0.717) is 0 Å². The summed E-state index contributed by atoms with van der Waals surface area (Å²) in [5.41, 5.74) is 6.47. The summed E-state index contributed by atoms with van der Waals surface area (Å²) in [4.78, 5) is 0.108. The molecule has 1 atom stereocenters. The average molecular weight is 237 g/mol. The number of rotatable bonds is 2. The zero-order valence-electron chi connectivity index (χ0n) is 7.67. The first kappa shape index (κ1) is 13.4. The van der Waals surface area contributed by atoms with Crippen LogP contribution in [0.5, 0.6) is 0 Å². The third kappa shape index (κ3) is 3.26. The van der Waals surface area contributed by atoms with Crippen LogP contribution in [0.25, 0.3) is 0 Å². The summed E-state index contributed by atoms with van der Waals surface area (Å²) in [6.07, 6.45) is 0. The Bertz CT molecular complexity index is 386. The van der Waals surface area contributed by atoms with Crippen LogP contribution >= 0.6 is 12.4 Å². The lowest BCUT2D eigenvalue weighted by Gasteiger charge is -2.05. The molecule has 0 fully saturated rings. The molecule has 80 valence electrons. The van der Waals surface area contributed by atoms with Crippen LogP contribution in [-0.2, 0) is 10.0 Å². The van der Waals surface area contributed by atoms with Gasteiger partial charge in [-0.05, 0) is 24.6 Å². The minimum Gasteiger partial charge on any atom is -0.324 e. The Kier molecular flexibility index (Phi) is 4.54. The Hall–Kier alpha value is -0.620. The third-order valence-corrected chi connectivity index (χ3v) is 2.66. The Morgan fingerprint density at radius 1 is 1.21 bits per heavy atom. The van der Waals surface area contributed by atoms with Crippen LogP contribution in [0.2, 0.25) is 0 Å². The summed E-state index contributed by atoms with van der Waals surface area (Å²) in [7, 11) is -3.59. The highest BCUT2D eigenvalue weighted by atomic mass is 35.5. The van der Waals surface area contributed by atoms with Gasteiger partial charge >= 0.3 is 0 Å². The van der Waals surface area contributed by atoms with Crippen molar-refractivity contribution in [3.05, 3.63) is 29.8 Å². The van der Waals surface area contributed by atoms with Crippen molar-refractivity contribution in [3.63, 3.8) is 0 Å². The third-order valence-electron chi connectivity index (χ3n) is 1.73. The molecule has 4 N–H and O–H groups in total. The SMILES string of the molecule is C[C@@H](N)c1ccc(S(N)(=O)=O)cc1.Cl. The summed E-state index contributed by atoms with van der Waals surface area (Å²) in [5, 5.41) is 4.92. The lowest BCUT2D eigenvalue weighted by Crippen LogP contribution is -2.12. The van der Waals surface area contributed by atoms with Crippen molar-refractivity contribution >= 4 is 22.4 Å². The van der Waals surface area contributed by atoms with E-state index in [1.54, 1.807) is 12.1 Å². The fourth-order valence-corrected chi connectivity index (χ4v) is 1.48. The summed E-state index contributed by atoms with van der Waals surface area (Å²) < 4.78 is 21.7. The quantitative estimate of drug-likeness (QED) is 0.796. The maximum Gasteiger partial charge on any atom is 0.238 e. The number of hydrogen-bond donors (Lipinski definition) is 2. The minimum absolute atomic E-state index is 0. The van der Waals surface area contributed by atoms with Crippen LogP contribution < -0.4 is 10.9 Å². The van der Waals surface area contributed by atoms with E-state index in [0.717, 1.165) is 5.56 Å². The van der Waals surface area contributed by atoms with Gasteiger partial charge < -0.3 is 5.73 Å². The standard InChI is InChI=1S/C8H12N2O2S.ClH/c1-6(9)7-2-4-8(5-3-7)13(10,11)12;/h2-6H,9H2,1H3,(H2,10,11,12);1H/t6-;/m1./s1. The van der Waals surface area contributed by atoms with E-state index in [9.17, 15) is 8.42 Å².